The van der Waals surface area contributed by atoms with Gasteiger partial charge in [-0.1, -0.05) is 30.3 Å². The maximum Gasteiger partial charge on any atom is 0.181 e. The fourth-order valence-electron chi connectivity index (χ4n) is 1.75. The van der Waals surface area contributed by atoms with E-state index in [0.717, 1.165) is 6.42 Å². The van der Waals surface area contributed by atoms with Crippen molar-refractivity contribution in [3.05, 3.63) is 65.5 Å². The summed E-state index contributed by atoms with van der Waals surface area (Å²) >= 11 is 0. The van der Waals surface area contributed by atoms with Crippen molar-refractivity contribution in [2.45, 2.75) is 13.3 Å². The molecule has 0 radical (unpaired) electrons. The molecule has 0 saturated heterocycles. The van der Waals surface area contributed by atoms with E-state index in [1.807, 2.05) is 0 Å². The zero-order valence-corrected chi connectivity index (χ0v) is 9.27. The minimum Gasteiger partial charge on any atom is -0.205 e. The number of rotatable bonds is 2. The van der Waals surface area contributed by atoms with Gasteiger partial charge in [-0.05, 0) is 11.6 Å². The monoisotopic (exact) mass is 198 g/mol. The second-order valence-electron chi connectivity index (χ2n) is 3.89. The topological polar surface area (TPSA) is 3.88 Å². The van der Waals surface area contributed by atoms with Crippen molar-refractivity contribution in [2.24, 2.45) is 7.05 Å². The van der Waals surface area contributed by atoms with Crippen LogP contribution in [0.15, 0.2) is 48.7 Å². The Labute approximate surface area is 91.0 Å². The van der Waals surface area contributed by atoms with E-state index < -0.39 is 0 Å². The Morgan fingerprint density at radius 1 is 1.00 bits per heavy atom. The molecule has 15 heavy (non-hydrogen) atoms. The molecule has 1 aromatic carbocycles. The Morgan fingerprint density at radius 2 is 1.73 bits per heavy atom. The van der Waals surface area contributed by atoms with E-state index in [1.165, 1.54) is 16.8 Å². The molecule has 0 atom stereocenters. The predicted octanol–water partition coefficient (Wildman–Crippen LogP) is 2.41. The number of aromatic nitrogens is 1. The maximum absolute atomic E-state index is 2.20. The van der Waals surface area contributed by atoms with Crippen LogP contribution in [0, 0.1) is 6.92 Å². The van der Waals surface area contributed by atoms with Gasteiger partial charge in [0.2, 0.25) is 0 Å². The molecule has 0 aliphatic carbocycles. The normalized spacial score (nSPS) is 10.3. The van der Waals surface area contributed by atoms with Crippen molar-refractivity contribution < 1.29 is 4.57 Å². The summed E-state index contributed by atoms with van der Waals surface area (Å²) in [6.07, 6.45) is 3.10. The Bertz CT molecular complexity index is 446. The molecule has 0 spiro atoms. The highest BCUT2D eigenvalue weighted by Crippen LogP contribution is 2.10. The van der Waals surface area contributed by atoms with Crippen molar-refractivity contribution in [1.82, 2.24) is 0 Å². The van der Waals surface area contributed by atoms with Crippen molar-refractivity contribution >= 4 is 0 Å². The molecule has 0 amide bonds. The summed E-state index contributed by atoms with van der Waals surface area (Å²) in [6, 6.07) is 14.9. The molecule has 76 valence electrons. The van der Waals surface area contributed by atoms with Gasteiger partial charge in [0.15, 0.2) is 11.9 Å². The third-order valence-corrected chi connectivity index (χ3v) is 2.84. The highest BCUT2D eigenvalue weighted by molar-refractivity contribution is 5.25. The van der Waals surface area contributed by atoms with Gasteiger partial charge in [-0.15, -0.1) is 0 Å². The number of pyridine rings is 1. The van der Waals surface area contributed by atoms with Crippen LogP contribution in [0.1, 0.15) is 16.8 Å². The first-order chi connectivity index (χ1) is 7.27. The van der Waals surface area contributed by atoms with Gasteiger partial charge in [0.25, 0.3) is 0 Å². The molecule has 0 unspecified atom stereocenters. The molecule has 0 aliphatic heterocycles. The van der Waals surface area contributed by atoms with Crippen LogP contribution in [0.5, 0.6) is 0 Å². The third kappa shape index (κ3) is 2.24. The zero-order chi connectivity index (χ0) is 10.7. The molecule has 2 aromatic rings. The predicted molar refractivity (Wildman–Crippen MR) is 61.6 cm³/mol. The number of hydrogen-bond donors (Lipinski definition) is 0. The fraction of sp³-hybridized carbons (Fsp3) is 0.214. The van der Waals surface area contributed by atoms with Gasteiger partial charge in [0, 0.05) is 25.0 Å². The summed E-state index contributed by atoms with van der Waals surface area (Å²) in [5.74, 6) is 0. The highest BCUT2D eigenvalue weighted by Gasteiger charge is 2.07. The molecular formula is C14H16N+. The summed E-state index contributed by atoms with van der Waals surface area (Å²) in [4.78, 5) is 0. The summed E-state index contributed by atoms with van der Waals surface area (Å²) in [5.41, 5.74) is 4.10. The quantitative estimate of drug-likeness (QED) is 0.652. The number of aryl methyl sites for hydroxylation is 1. The van der Waals surface area contributed by atoms with E-state index in [1.54, 1.807) is 0 Å². The molecule has 1 heterocycles. The smallest absolute Gasteiger partial charge is 0.181 e. The lowest BCUT2D eigenvalue weighted by Gasteiger charge is -2.03. The van der Waals surface area contributed by atoms with Gasteiger partial charge >= 0.3 is 0 Å². The van der Waals surface area contributed by atoms with E-state index in [4.69, 9.17) is 0 Å². The SMILES string of the molecule is Cc1c(Cc2ccccc2)ccc[n+]1C. The van der Waals surface area contributed by atoms with E-state index in [9.17, 15) is 0 Å². The van der Waals surface area contributed by atoms with Crippen LogP contribution in [0.2, 0.25) is 0 Å². The number of benzene rings is 1. The lowest BCUT2D eigenvalue weighted by atomic mass is 10.0. The van der Waals surface area contributed by atoms with Crippen molar-refractivity contribution in [3.8, 4) is 0 Å². The summed E-state index contributed by atoms with van der Waals surface area (Å²) in [6.45, 7) is 2.16. The van der Waals surface area contributed by atoms with Gasteiger partial charge in [0.05, 0.1) is 0 Å². The van der Waals surface area contributed by atoms with Crippen LogP contribution in [0.25, 0.3) is 0 Å². The zero-order valence-electron chi connectivity index (χ0n) is 9.27. The Kier molecular flexibility index (Phi) is 2.82. The first-order valence-electron chi connectivity index (χ1n) is 5.25. The highest BCUT2D eigenvalue weighted by atomic mass is 14.9. The van der Waals surface area contributed by atoms with Crippen LogP contribution < -0.4 is 4.57 Å². The van der Waals surface area contributed by atoms with Crippen molar-refractivity contribution in [1.29, 1.82) is 0 Å². The van der Waals surface area contributed by atoms with Crippen LogP contribution in [-0.2, 0) is 13.5 Å². The van der Waals surface area contributed by atoms with E-state index >= 15 is 0 Å². The largest absolute Gasteiger partial charge is 0.205 e. The lowest BCUT2D eigenvalue weighted by molar-refractivity contribution is -0.678. The molecule has 1 heteroatoms. The number of hydrogen-bond acceptors (Lipinski definition) is 0. The molecule has 0 aliphatic rings. The third-order valence-electron chi connectivity index (χ3n) is 2.84. The molecule has 0 N–H and O–H groups in total. The first kappa shape index (κ1) is 9.91. The van der Waals surface area contributed by atoms with Gasteiger partial charge < -0.3 is 0 Å². The van der Waals surface area contributed by atoms with Gasteiger partial charge in [0.1, 0.15) is 7.05 Å². The Hall–Kier alpha value is -1.63. The second kappa shape index (κ2) is 4.26. The Morgan fingerprint density at radius 3 is 2.47 bits per heavy atom. The Balaban J connectivity index is 2.29. The molecule has 0 fully saturated rings. The minimum atomic E-state index is 1.02. The van der Waals surface area contributed by atoms with Crippen molar-refractivity contribution in [2.75, 3.05) is 0 Å². The van der Waals surface area contributed by atoms with E-state index in [-0.39, 0.29) is 0 Å². The maximum atomic E-state index is 2.20. The lowest BCUT2D eigenvalue weighted by Crippen LogP contribution is -2.32. The summed E-state index contributed by atoms with van der Waals surface area (Å²) < 4.78 is 2.16. The van der Waals surface area contributed by atoms with Gasteiger partial charge in [-0.25, -0.2) is 4.57 Å². The van der Waals surface area contributed by atoms with Crippen LogP contribution in [-0.4, -0.2) is 0 Å². The molecule has 1 nitrogen and oxygen atoms in total. The number of nitrogens with zero attached hydrogens (tertiary/aromatic N) is 1. The van der Waals surface area contributed by atoms with Crippen LogP contribution in [0.4, 0.5) is 0 Å². The minimum absolute atomic E-state index is 1.02. The van der Waals surface area contributed by atoms with Crippen molar-refractivity contribution in [3.63, 3.8) is 0 Å². The molecular weight excluding hydrogens is 182 g/mol. The second-order valence-corrected chi connectivity index (χ2v) is 3.89. The summed E-state index contributed by atoms with van der Waals surface area (Å²) in [7, 11) is 2.09. The van der Waals surface area contributed by atoms with Crippen LogP contribution in [0.3, 0.4) is 0 Å². The molecule has 2 rings (SSSR count). The first-order valence-corrected chi connectivity index (χ1v) is 5.25. The van der Waals surface area contributed by atoms with Gasteiger partial charge in [-0.3, -0.25) is 0 Å². The standard InChI is InChI=1S/C14H16N/c1-12-14(9-6-10-15(12)2)11-13-7-4-3-5-8-13/h3-10H,11H2,1-2H3/q+1. The average molecular weight is 198 g/mol. The fourth-order valence-corrected chi connectivity index (χ4v) is 1.75. The average Bonchev–Trinajstić information content (AvgIpc) is 2.26. The van der Waals surface area contributed by atoms with E-state index in [0.29, 0.717) is 0 Å². The van der Waals surface area contributed by atoms with Gasteiger partial charge in [-0.2, -0.15) is 0 Å². The van der Waals surface area contributed by atoms with E-state index in [2.05, 4.69) is 67.2 Å². The summed E-state index contributed by atoms with van der Waals surface area (Å²) in [5, 5.41) is 0. The molecule has 1 aromatic heterocycles. The molecule has 0 bridgehead atoms. The van der Waals surface area contributed by atoms with Crippen LogP contribution >= 0.6 is 0 Å². The molecule has 0 saturated carbocycles.